The first-order chi connectivity index (χ1) is 15.5. The maximum atomic E-state index is 13.3. The van der Waals surface area contributed by atoms with E-state index in [-0.39, 0.29) is 17.2 Å². The highest BCUT2D eigenvalue weighted by Crippen LogP contribution is 2.39. The van der Waals surface area contributed by atoms with E-state index in [0.717, 1.165) is 19.3 Å². The number of piperidine rings is 1. The number of aliphatic carboxylic acids is 1. The summed E-state index contributed by atoms with van der Waals surface area (Å²) in [4.78, 5) is 41.2. The van der Waals surface area contributed by atoms with Crippen molar-refractivity contribution in [1.82, 2.24) is 14.8 Å². The molecule has 1 unspecified atom stereocenters. The number of pyridine rings is 1. The number of rotatable bonds is 2. The summed E-state index contributed by atoms with van der Waals surface area (Å²) in [6, 6.07) is 6.08. The summed E-state index contributed by atoms with van der Waals surface area (Å²) in [6.45, 7) is 2.51. The maximum absolute atomic E-state index is 13.3. The summed E-state index contributed by atoms with van der Waals surface area (Å²) in [6.07, 6.45) is 0.436. The quantitative estimate of drug-likeness (QED) is 0.533. The van der Waals surface area contributed by atoms with Crippen LogP contribution >= 0.6 is 0 Å². The minimum Gasteiger partial charge on any atom is -0.475 e. The number of hydrogen-bond donors (Lipinski definition) is 1. The van der Waals surface area contributed by atoms with Crippen LogP contribution in [-0.4, -0.2) is 70.0 Å². The van der Waals surface area contributed by atoms with Crippen molar-refractivity contribution in [3.63, 3.8) is 0 Å². The number of carboxylic acids is 1. The molecule has 4 heterocycles. The lowest BCUT2D eigenvalue weighted by Gasteiger charge is -2.40. The number of halogens is 4. The molecule has 0 aromatic carbocycles. The maximum Gasteiger partial charge on any atom is 0.490 e. The summed E-state index contributed by atoms with van der Waals surface area (Å²) >= 11 is 0. The van der Waals surface area contributed by atoms with Gasteiger partial charge in [-0.2, -0.15) is 17.6 Å². The fourth-order valence-electron chi connectivity index (χ4n) is 4.10. The number of aromatic nitrogens is 1. The minimum absolute atomic E-state index is 0.0955. The van der Waals surface area contributed by atoms with Gasteiger partial charge in [0, 0.05) is 49.4 Å². The van der Waals surface area contributed by atoms with Gasteiger partial charge in [0.25, 0.3) is 11.8 Å². The Morgan fingerprint density at radius 3 is 2.30 bits per heavy atom. The van der Waals surface area contributed by atoms with Gasteiger partial charge in [0.05, 0.1) is 6.26 Å². The molecule has 2 saturated heterocycles. The van der Waals surface area contributed by atoms with Crippen LogP contribution in [0.25, 0.3) is 0 Å². The molecule has 2 aromatic heterocycles. The van der Waals surface area contributed by atoms with Crippen LogP contribution < -0.4 is 0 Å². The third-order valence-corrected chi connectivity index (χ3v) is 5.62. The minimum atomic E-state index is -5.08. The zero-order valence-corrected chi connectivity index (χ0v) is 17.3. The van der Waals surface area contributed by atoms with E-state index < -0.39 is 18.1 Å². The fourth-order valence-corrected chi connectivity index (χ4v) is 4.10. The Kier molecular flexibility index (Phi) is 7.04. The summed E-state index contributed by atoms with van der Waals surface area (Å²) in [5.41, 5.74) is 0.218. The second-order valence-corrected chi connectivity index (χ2v) is 7.95. The van der Waals surface area contributed by atoms with Crippen LogP contribution in [0.3, 0.4) is 0 Å². The molecule has 0 radical (unpaired) electrons. The number of likely N-dealkylation sites (tertiary alicyclic amines) is 2. The number of furan rings is 1. The van der Waals surface area contributed by atoms with E-state index in [4.69, 9.17) is 14.3 Å². The van der Waals surface area contributed by atoms with Crippen LogP contribution in [0.15, 0.2) is 41.1 Å². The van der Waals surface area contributed by atoms with E-state index >= 15 is 0 Å². The van der Waals surface area contributed by atoms with Gasteiger partial charge in [-0.1, -0.05) is 0 Å². The average molecular weight is 471 g/mol. The molecule has 2 aromatic rings. The summed E-state index contributed by atoms with van der Waals surface area (Å²) in [5.74, 6) is -3.35. The van der Waals surface area contributed by atoms with E-state index in [0.29, 0.717) is 37.5 Å². The van der Waals surface area contributed by atoms with Crippen molar-refractivity contribution in [2.45, 2.75) is 25.4 Å². The molecule has 0 saturated carbocycles. The molecule has 12 heteroatoms. The summed E-state index contributed by atoms with van der Waals surface area (Å²) in [7, 11) is 0. The van der Waals surface area contributed by atoms with E-state index in [1.807, 2.05) is 4.90 Å². The number of amides is 2. The molecule has 1 atom stereocenters. The monoisotopic (exact) mass is 471 g/mol. The Morgan fingerprint density at radius 1 is 1.06 bits per heavy atom. The van der Waals surface area contributed by atoms with Crippen molar-refractivity contribution in [3.05, 3.63) is 54.0 Å². The molecule has 178 valence electrons. The number of nitrogens with zero attached hydrogens (tertiary/aromatic N) is 3. The van der Waals surface area contributed by atoms with Gasteiger partial charge in [0.1, 0.15) is 0 Å². The van der Waals surface area contributed by atoms with Crippen molar-refractivity contribution in [1.29, 1.82) is 0 Å². The highest BCUT2D eigenvalue weighted by molar-refractivity contribution is 5.94. The molecule has 2 amide bonds. The van der Waals surface area contributed by atoms with Crippen LogP contribution in [0.4, 0.5) is 17.6 Å². The van der Waals surface area contributed by atoms with Crippen molar-refractivity contribution < 1.29 is 41.5 Å². The molecular weight excluding hydrogens is 450 g/mol. The van der Waals surface area contributed by atoms with Crippen molar-refractivity contribution in [2.75, 3.05) is 26.2 Å². The van der Waals surface area contributed by atoms with Gasteiger partial charge in [-0.3, -0.25) is 9.59 Å². The van der Waals surface area contributed by atoms with Crippen LogP contribution in [0.2, 0.25) is 0 Å². The average Bonchev–Trinajstić information content (AvgIpc) is 3.43. The smallest absolute Gasteiger partial charge is 0.475 e. The lowest BCUT2D eigenvalue weighted by molar-refractivity contribution is -0.192. The van der Waals surface area contributed by atoms with Crippen LogP contribution in [-0.2, 0) is 4.79 Å². The first-order valence-electron chi connectivity index (χ1n) is 10.0. The molecule has 2 fully saturated rings. The Labute approximate surface area is 185 Å². The zero-order chi connectivity index (χ0) is 24.2. The summed E-state index contributed by atoms with van der Waals surface area (Å²) in [5, 5.41) is 7.12. The van der Waals surface area contributed by atoms with E-state index in [1.54, 1.807) is 17.0 Å². The van der Waals surface area contributed by atoms with E-state index in [1.165, 1.54) is 24.6 Å². The Morgan fingerprint density at radius 2 is 1.73 bits per heavy atom. The van der Waals surface area contributed by atoms with Crippen LogP contribution in [0.1, 0.15) is 40.2 Å². The Hall–Kier alpha value is -3.44. The predicted octanol–water partition coefficient (Wildman–Crippen LogP) is 3.22. The van der Waals surface area contributed by atoms with Gasteiger partial charge < -0.3 is 19.3 Å². The lowest BCUT2D eigenvalue weighted by atomic mass is 9.79. The largest absolute Gasteiger partial charge is 0.490 e. The van der Waals surface area contributed by atoms with Gasteiger partial charge in [0.2, 0.25) is 5.95 Å². The van der Waals surface area contributed by atoms with E-state index in [9.17, 15) is 27.2 Å². The third-order valence-electron chi connectivity index (χ3n) is 5.62. The van der Waals surface area contributed by atoms with E-state index in [2.05, 4.69) is 4.98 Å². The first kappa shape index (κ1) is 24.2. The highest BCUT2D eigenvalue weighted by Gasteiger charge is 2.44. The molecule has 0 bridgehead atoms. The van der Waals surface area contributed by atoms with Gasteiger partial charge in [-0.15, -0.1) is 0 Å². The SMILES string of the molecule is O=C(O)C(F)(F)F.O=C(c1ccnc(F)c1)N1CCC2(CCCN(C(=O)c3ccco3)C2)C1. The fraction of sp³-hybridized carbons (Fsp3) is 0.429. The number of carboxylic acid groups (broad SMARTS) is 1. The topological polar surface area (TPSA) is 104 Å². The van der Waals surface area contributed by atoms with Gasteiger partial charge in [-0.05, 0) is 37.5 Å². The predicted molar refractivity (Wildman–Crippen MR) is 105 cm³/mol. The number of carbonyl (C=O) groups excluding carboxylic acids is 2. The van der Waals surface area contributed by atoms with Crippen molar-refractivity contribution >= 4 is 17.8 Å². The number of hydrogen-bond acceptors (Lipinski definition) is 5. The second-order valence-electron chi connectivity index (χ2n) is 7.95. The van der Waals surface area contributed by atoms with Gasteiger partial charge >= 0.3 is 12.1 Å². The standard InChI is InChI=1S/C19H20FN3O3.C2HF3O2/c20-16-11-14(4-7-21-16)17(24)23-9-6-19(13-23)5-2-8-22(12-19)18(25)15-3-1-10-26-15;3-2(4,5)1(6)7/h1,3-4,7,10-11H,2,5-6,8-9,12-13H2;(H,6,7). The normalized spacial score (nSPS) is 20.4. The molecule has 1 N–H and O–H groups in total. The first-order valence-corrected chi connectivity index (χ1v) is 10.0. The molecule has 2 aliphatic rings. The molecule has 4 rings (SSSR count). The van der Waals surface area contributed by atoms with Gasteiger partial charge in [0.15, 0.2) is 5.76 Å². The molecule has 8 nitrogen and oxygen atoms in total. The Bertz CT molecular complexity index is 1010. The lowest BCUT2D eigenvalue weighted by Crippen LogP contribution is -2.47. The molecule has 1 spiro atoms. The van der Waals surface area contributed by atoms with Crippen molar-refractivity contribution in [2.24, 2.45) is 5.41 Å². The zero-order valence-electron chi connectivity index (χ0n) is 17.3. The second kappa shape index (κ2) is 9.59. The number of alkyl halides is 3. The molecule has 2 aliphatic heterocycles. The molecule has 33 heavy (non-hydrogen) atoms. The van der Waals surface area contributed by atoms with Crippen LogP contribution in [0.5, 0.6) is 0 Å². The molecular formula is C21H21F4N3O5. The number of carbonyl (C=O) groups is 3. The van der Waals surface area contributed by atoms with Crippen molar-refractivity contribution in [3.8, 4) is 0 Å². The highest BCUT2D eigenvalue weighted by atomic mass is 19.4. The van der Waals surface area contributed by atoms with Gasteiger partial charge in [-0.25, -0.2) is 9.78 Å². The van der Waals surface area contributed by atoms with Crippen LogP contribution in [0, 0.1) is 11.4 Å². The molecule has 0 aliphatic carbocycles. The Balaban J connectivity index is 0.000000383. The summed E-state index contributed by atoms with van der Waals surface area (Å²) < 4.78 is 50.3. The third kappa shape index (κ3) is 5.88.